The largest absolute Gasteiger partial charge is 0.303 e. The molecule has 0 aliphatic carbocycles. The molecule has 0 fully saturated rings. The Bertz CT molecular complexity index is 523. The molecule has 0 unspecified atom stereocenters. The molecule has 0 aliphatic rings. The average molecular weight is 217 g/mol. The molecule has 4 heteroatoms. The fraction of sp³-hybridized carbons (Fsp3) is 0.417. The predicted octanol–water partition coefficient (Wildman–Crippen LogP) is 1.77. The van der Waals surface area contributed by atoms with Gasteiger partial charge in [0.25, 0.3) is 0 Å². The molecule has 0 N–H and O–H groups in total. The highest BCUT2D eigenvalue weighted by atomic mass is 16.1. The Morgan fingerprint density at radius 2 is 2.06 bits per heavy atom. The van der Waals surface area contributed by atoms with E-state index in [-0.39, 0.29) is 5.41 Å². The van der Waals surface area contributed by atoms with Gasteiger partial charge >= 0.3 is 0 Å². The molecule has 4 nitrogen and oxygen atoms in total. The molecule has 0 aliphatic heterocycles. The molecule has 2 aromatic heterocycles. The van der Waals surface area contributed by atoms with Gasteiger partial charge in [-0.3, -0.25) is 4.40 Å². The molecule has 0 amide bonds. The van der Waals surface area contributed by atoms with Crippen molar-refractivity contribution in [3.63, 3.8) is 0 Å². The van der Waals surface area contributed by atoms with Crippen LogP contribution in [-0.2, 0) is 16.6 Å². The van der Waals surface area contributed by atoms with Crippen LogP contribution < -0.4 is 0 Å². The van der Waals surface area contributed by atoms with Gasteiger partial charge in [-0.1, -0.05) is 26.8 Å². The Hall–Kier alpha value is -1.71. The highest BCUT2D eigenvalue weighted by Gasteiger charge is 2.20. The molecule has 0 bridgehead atoms. The number of nitrogens with zero attached hydrogens (tertiary/aromatic N) is 3. The lowest BCUT2D eigenvalue weighted by atomic mass is 9.96. The lowest BCUT2D eigenvalue weighted by molar-refractivity contribution is -0.107. The van der Waals surface area contributed by atoms with Crippen LogP contribution in [0.3, 0.4) is 0 Å². The molecule has 84 valence electrons. The van der Waals surface area contributed by atoms with E-state index >= 15 is 0 Å². The number of rotatable bonds is 2. The van der Waals surface area contributed by atoms with E-state index in [1.165, 1.54) is 0 Å². The Kier molecular flexibility index (Phi) is 2.50. The number of pyridine rings is 1. The smallest absolute Gasteiger partial charge is 0.160 e. The van der Waals surface area contributed by atoms with E-state index in [0.29, 0.717) is 6.42 Å². The fourth-order valence-electron chi connectivity index (χ4n) is 1.66. The number of hydrogen-bond donors (Lipinski definition) is 0. The maximum atomic E-state index is 10.5. The van der Waals surface area contributed by atoms with E-state index in [4.69, 9.17) is 0 Å². The Morgan fingerprint density at radius 1 is 1.31 bits per heavy atom. The lowest BCUT2D eigenvalue weighted by Gasteiger charge is -2.15. The van der Waals surface area contributed by atoms with Crippen molar-refractivity contribution in [2.75, 3.05) is 0 Å². The first-order valence-electron chi connectivity index (χ1n) is 5.30. The lowest BCUT2D eigenvalue weighted by Crippen LogP contribution is -2.16. The number of aldehydes is 1. The van der Waals surface area contributed by atoms with Gasteiger partial charge in [0.05, 0.1) is 0 Å². The van der Waals surface area contributed by atoms with Crippen molar-refractivity contribution in [3.8, 4) is 0 Å². The predicted molar refractivity (Wildman–Crippen MR) is 61.5 cm³/mol. The van der Waals surface area contributed by atoms with Gasteiger partial charge in [0.1, 0.15) is 12.1 Å². The number of aromatic nitrogens is 3. The van der Waals surface area contributed by atoms with Crippen LogP contribution in [0.1, 0.15) is 32.2 Å². The second kappa shape index (κ2) is 3.70. The van der Waals surface area contributed by atoms with Gasteiger partial charge in [0.15, 0.2) is 5.65 Å². The van der Waals surface area contributed by atoms with E-state index in [1.807, 2.05) is 22.7 Å². The van der Waals surface area contributed by atoms with Crippen LogP contribution in [0.15, 0.2) is 18.3 Å². The molecule has 2 rings (SSSR count). The monoisotopic (exact) mass is 217 g/mol. The zero-order valence-electron chi connectivity index (χ0n) is 9.77. The quantitative estimate of drug-likeness (QED) is 0.720. The van der Waals surface area contributed by atoms with Crippen LogP contribution in [0, 0.1) is 0 Å². The third-order valence-electron chi connectivity index (χ3n) is 2.45. The first-order valence-corrected chi connectivity index (χ1v) is 5.30. The van der Waals surface area contributed by atoms with Crippen molar-refractivity contribution in [1.29, 1.82) is 0 Å². The van der Waals surface area contributed by atoms with Gasteiger partial charge in [0, 0.05) is 18.0 Å². The molecule has 16 heavy (non-hydrogen) atoms. The standard InChI is InChI=1S/C12H15N3O/c1-12(2,3)11-14-13-10-5-4-9(6-7-16)8-15(10)11/h4-5,7-8H,6H2,1-3H3. The van der Waals surface area contributed by atoms with Gasteiger partial charge in [-0.25, -0.2) is 0 Å². The number of carbonyl (C=O) groups excluding carboxylic acids is 1. The molecule has 0 saturated heterocycles. The topological polar surface area (TPSA) is 47.3 Å². The minimum Gasteiger partial charge on any atom is -0.303 e. The Morgan fingerprint density at radius 3 is 2.69 bits per heavy atom. The van der Waals surface area contributed by atoms with Crippen LogP contribution in [0.25, 0.3) is 5.65 Å². The van der Waals surface area contributed by atoms with Gasteiger partial charge < -0.3 is 4.79 Å². The van der Waals surface area contributed by atoms with E-state index in [9.17, 15) is 4.79 Å². The van der Waals surface area contributed by atoms with Gasteiger partial charge in [-0.05, 0) is 11.6 Å². The van der Waals surface area contributed by atoms with Crippen molar-refractivity contribution in [3.05, 3.63) is 29.7 Å². The normalized spacial score (nSPS) is 11.9. The average Bonchev–Trinajstić information content (AvgIpc) is 2.60. The third kappa shape index (κ3) is 1.83. The first-order chi connectivity index (χ1) is 7.52. The summed E-state index contributed by atoms with van der Waals surface area (Å²) in [4.78, 5) is 10.5. The molecule has 0 atom stereocenters. The highest BCUT2D eigenvalue weighted by molar-refractivity contribution is 5.55. The molecule has 2 aromatic rings. The van der Waals surface area contributed by atoms with Crippen molar-refractivity contribution in [1.82, 2.24) is 14.6 Å². The minimum absolute atomic E-state index is 0.0563. The second-order valence-corrected chi connectivity index (χ2v) is 4.91. The van der Waals surface area contributed by atoms with Crippen LogP contribution in [0.2, 0.25) is 0 Å². The number of hydrogen-bond acceptors (Lipinski definition) is 3. The van der Waals surface area contributed by atoms with Crippen molar-refractivity contribution >= 4 is 11.9 Å². The summed E-state index contributed by atoms with van der Waals surface area (Å²) in [5, 5.41) is 8.30. The summed E-state index contributed by atoms with van der Waals surface area (Å²) in [7, 11) is 0. The van der Waals surface area contributed by atoms with Crippen LogP contribution >= 0.6 is 0 Å². The highest BCUT2D eigenvalue weighted by Crippen LogP contribution is 2.21. The van der Waals surface area contributed by atoms with Gasteiger partial charge in [0.2, 0.25) is 0 Å². The molecule has 2 heterocycles. The van der Waals surface area contributed by atoms with Crippen LogP contribution in [-0.4, -0.2) is 20.9 Å². The molecular weight excluding hydrogens is 202 g/mol. The minimum atomic E-state index is -0.0563. The summed E-state index contributed by atoms with van der Waals surface area (Å²) >= 11 is 0. The van der Waals surface area contributed by atoms with Gasteiger partial charge in [-0.15, -0.1) is 10.2 Å². The summed E-state index contributed by atoms with van der Waals surface area (Å²) in [5.74, 6) is 0.912. The summed E-state index contributed by atoms with van der Waals surface area (Å²) in [5.41, 5.74) is 1.74. The summed E-state index contributed by atoms with van der Waals surface area (Å²) in [6, 6.07) is 3.80. The van der Waals surface area contributed by atoms with E-state index in [2.05, 4.69) is 31.0 Å². The summed E-state index contributed by atoms with van der Waals surface area (Å²) in [6.07, 6.45) is 3.27. The maximum Gasteiger partial charge on any atom is 0.160 e. The van der Waals surface area contributed by atoms with Crippen molar-refractivity contribution in [2.45, 2.75) is 32.6 Å². The SMILES string of the molecule is CC(C)(C)c1nnc2ccc(CC=O)cn12. The number of fused-ring (bicyclic) bond motifs is 1. The number of carbonyl (C=O) groups is 1. The second-order valence-electron chi connectivity index (χ2n) is 4.91. The van der Waals surface area contributed by atoms with Crippen LogP contribution in [0.5, 0.6) is 0 Å². The molecule has 0 radical (unpaired) electrons. The molecule has 0 saturated carbocycles. The molecular formula is C12H15N3O. The summed E-state index contributed by atoms with van der Waals surface area (Å²) in [6.45, 7) is 6.28. The summed E-state index contributed by atoms with van der Waals surface area (Å²) < 4.78 is 1.96. The Labute approximate surface area is 94.3 Å². The zero-order chi connectivity index (χ0) is 11.8. The van der Waals surface area contributed by atoms with E-state index < -0.39 is 0 Å². The fourth-order valence-corrected chi connectivity index (χ4v) is 1.66. The van der Waals surface area contributed by atoms with E-state index in [0.717, 1.165) is 23.3 Å². The van der Waals surface area contributed by atoms with Crippen LogP contribution in [0.4, 0.5) is 0 Å². The molecule has 0 spiro atoms. The first kappa shape index (κ1) is 10.8. The van der Waals surface area contributed by atoms with Gasteiger partial charge in [-0.2, -0.15) is 0 Å². The zero-order valence-corrected chi connectivity index (χ0v) is 9.77. The Balaban J connectivity index is 2.60. The van der Waals surface area contributed by atoms with Crippen molar-refractivity contribution < 1.29 is 4.79 Å². The maximum absolute atomic E-state index is 10.5. The third-order valence-corrected chi connectivity index (χ3v) is 2.45. The van der Waals surface area contributed by atoms with Crippen molar-refractivity contribution in [2.24, 2.45) is 0 Å². The van der Waals surface area contributed by atoms with E-state index in [1.54, 1.807) is 0 Å². The molecule has 0 aromatic carbocycles.